The number of likely N-dealkylation sites (N-methyl/N-ethyl adjacent to an activating group) is 1. The van der Waals surface area contributed by atoms with E-state index in [0.717, 1.165) is 18.9 Å². The quantitative estimate of drug-likeness (QED) is 0.673. The second kappa shape index (κ2) is 3.74. The normalized spacial score (nSPS) is 15.4. The predicted molar refractivity (Wildman–Crippen MR) is 59.9 cm³/mol. The van der Waals surface area contributed by atoms with E-state index < -0.39 is 0 Å². The van der Waals surface area contributed by atoms with Gasteiger partial charge in [0.15, 0.2) is 0 Å². The highest BCUT2D eigenvalue weighted by Gasteiger charge is 2.13. The fourth-order valence-corrected chi connectivity index (χ4v) is 1.67. The number of ether oxygens (including phenoxy) is 1. The number of rotatable bonds is 1. The summed E-state index contributed by atoms with van der Waals surface area (Å²) < 4.78 is 5.61. The van der Waals surface area contributed by atoms with Crippen LogP contribution in [-0.2, 0) is 0 Å². The molecule has 1 aliphatic heterocycles. The Morgan fingerprint density at radius 3 is 3.07 bits per heavy atom. The molecule has 0 bridgehead atoms. The van der Waals surface area contributed by atoms with Crippen LogP contribution in [0, 0.1) is 0 Å². The smallest absolute Gasteiger partial charge is 0.143 e. The van der Waals surface area contributed by atoms with Gasteiger partial charge in [-0.15, -0.1) is 0 Å². The molecule has 0 aromatic heterocycles. The van der Waals surface area contributed by atoms with E-state index in [0.29, 0.717) is 0 Å². The van der Waals surface area contributed by atoms with Crippen LogP contribution in [0.15, 0.2) is 24.3 Å². The third-order valence-corrected chi connectivity index (χ3v) is 2.44. The molecule has 0 unspecified atom stereocenters. The summed E-state index contributed by atoms with van der Waals surface area (Å²) in [7, 11) is 2.09. The second-order valence-corrected chi connectivity index (χ2v) is 3.50. The lowest BCUT2D eigenvalue weighted by atomic mass is 10.1. The van der Waals surface area contributed by atoms with Gasteiger partial charge in [-0.2, -0.15) is 0 Å². The van der Waals surface area contributed by atoms with Crippen LogP contribution in [0.2, 0.25) is 0 Å². The van der Waals surface area contributed by atoms with Gasteiger partial charge in [0.1, 0.15) is 12.4 Å². The highest BCUT2D eigenvalue weighted by atomic mass is 16.5. The molecule has 0 radical (unpaired) electrons. The van der Waals surface area contributed by atoms with Crippen molar-refractivity contribution in [2.75, 3.05) is 25.1 Å². The van der Waals surface area contributed by atoms with Crippen molar-refractivity contribution in [1.29, 1.82) is 0 Å². The molecule has 2 nitrogen and oxygen atoms in total. The first-order chi connectivity index (χ1) is 6.81. The van der Waals surface area contributed by atoms with Crippen molar-refractivity contribution < 1.29 is 4.74 Å². The molecule has 14 heavy (non-hydrogen) atoms. The maximum Gasteiger partial charge on any atom is 0.143 e. The van der Waals surface area contributed by atoms with Crippen molar-refractivity contribution in [3.05, 3.63) is 29.8 Å². The molecule has 1 aliphatic rings. The van der Waals surface area contributed by atoms with Crippen molar-refractivity contribution in [3.8, 4) is 5.75 Å². The highest BCUT2D eigenvalue weighted by molar-refractivity contribution is 5.65. The van der Waals surface area contributed by atoms with Crippen molar-refractivity contribution in [2.24, 2.45) is 0 Å². The second-order valence-electron chi connectivity index (χ2n) is 3.50. The van der Waals surface area contributed by atoms with Gasteiger partial charge in [0, 0.05) is 7.05 Å². The molecule has 0 saturated carbocycles. The third kappa shape index (κ3) is 1.60. The van der Waals surface area contributed by atoms with Crippen LogP contribution in [0.4, 0.5) is 5.69 Å². The molecular weight excluding hydrogens is 174 g/mol. The Kier molecular flexibility index (Phi) is 2.44. The molecule has 0 amide bonds. The van der Waals surface area contributed by atoms with E-state index in [1.807, 2.05) is 13.0 Å². The number of anilines is 1. The molecule has 2 heteroatoms. The Morgan fingerprint density at radius 2 is 2.29 bits per heavy atom. The Morgan fingerprint density at radius 1 is 1.43 bits per heavy atom. The largest absolute Gasteiger partial charge is 0.490 e. The van der Waals surface area contributed by atoms with E-state index in [9.17, 15) is 0 Å². The van der Waals surface area contributed by atoms with Gasteiger partial charge in [-0.1, -0.05) is 18.2 Å². The molecule has 2 rings (SSSR count). The standard InChI is InChI=1S/C12H15NO/c1-3-4-10-5-6-11-12(9-10)14-8-7-13(11)2/h3-6,9H,7-8H2,1-2H3. The summed E-state index contributed by atoms with van der Waals surface area (Å²) in [4.78, 5) is 2.22. The number of benzene rings is 1. The fraction of sp³-hybridized carbons (Fsp3) is 0.333. The topological polar surface area (TPSA) is 12.5 Å². The summed E-state index contributed by atoms with van der Waals surface area (Å²) in [6, 6.07) is 6.32. The Bertz CT molecular complexity index is 357. The van der Waals surface area contributed by atoms with E-state index >= 15 is 0 Å². The van der Waals surface area contributed by atoms with Gasteiger partial charge >= 0.3 is 0 Å². The van der Waals surface area contributed by atoms with Gasteiger partial charge in [0.2, 0.25) is 0 Å². The fourth-order valence-electron chi connectivity index (χ4n) is 1.67. The number of allylic oxidation sites excluding steroid dienone is 1. The summed E-state index contributed by atoms with van der Waals surface area (Å²) in [6.07, 6.45) is 4.12. The van der Waals surface area contributed by atoms with E-state index in [2.05, 4.69) is 36.2 Å². The van der Waals surface area contributed by atoms with E-state index in [1.165, 1.54) is 11.3 Å². The summed E-state index contributed by atoms with van der Waals surface area (Å²) in [5.74, 6) is 0.995. The molecule has 74 valence electrons. The van der Waals surface area contributed by atoms with Crippen LogP contribution in [-0.4, -0.2) is 20.2 Å². The van der Waals surface area contributed by atoms with Crippen LogP contribution in [0.3, 0.4) is 0 Å². The van der Waals surface area contributed by atoms with Gasteiger partial charge in [0.05, 0.1) is 12.2 Å². The van der Waals surface area contributed by atoms with Gasteiger partial charge in [-0.3, -0.25) is 0 Å². The number of nitrogens with zero attached hydrogens (tertiary/aromatic N) is 1. The van der Waals surface area contributed by atoms with E-state index in [-0.39, 0.29) is 0 Å². The number of fused-ring (bicyclic) bond motifs is 1. The monoisotopic (exact) mass is 189 g/mol. The van der Waals surface area contributed by atoms with Crippen molar-refractivity contribution in [2.45, 2.75) is 6.92 Å². The van der Waals surface area contributed by atoms with Crippen molar-refractivity contribution in [1.82, 2.24) is 0 Å². The number of hydrogen-bond donors (Lipinski definition) is 0. The Balaban J connectivity index is 2.38. The molecule has 0 aliphatic carbocycles. The first kappa shape index (κ1) is 9.13. The Hall–Kier alpha value is -1.44. The van der Waals surface area contributed by atoms with Crippen molar-refractivity contribution >= 4 is 11.8 Å². The molecule has 1 aromatic carbocycles. The summed E-state index contributed by atoms with van der Waals surface area (Å²) in [6.45, 7) is 3.77. The maximum atomic E-state index is 5.61. The molecule has 0 spiro atoms. The van der Waals surface area contributed by atoms with Crippen LogP contribution < -0.4 is 9.64 Å². The zero-order chi connectivity index (χ0) is 9.97. The summed E-state index contributed by atoms with van der Waals surface area (Å²) in [5, 5.41) is 0. The first-order valence-corrected chi connectivity index (χ1v) is 4.92. The third-order valence-electron chi connectivity index (χ3n) is 2.44. The number of hydrogen-bond acceptors (Lipinski definition) is 2. The van der Waals surface area contributed by atoms with E-state index in [1.54, 1.807) is 0 Å². The summed E-state index contributed by atoms with van der Waals surface area (Å²) >= 11 is 0. The predicted octanol–water partition coefficient (Wildman–Crippen LogP) is 2.55. The average Bonchev–Trinajstić information content (AvgIpc) is 2.18. The highest BCUT2D eigenvalue weighted by Crippen LogP contribution is 2.31. The van der Waals surface area contributed by atoms with Gasteiger partial charge in [0.25, 0.3) is 0 Å². The zero-order valence-corrected chi connectivity index (χ0v) is 8.66. The van der Waals surface area contributed by atoms with Crippen LogP contribution in [0.1, 0.15) is 12.5 Å². The lowest BCUT2D eigenvalue weighted by Crippen LogP contribution is -2.28. The lowest BCUT2D eigenvalue weighted by molar-refractivity contribution is 0.311. The van der Waals surface area contributed by atoms with Crippen LogP contribution >= 0.6 is 0 Å². The minimum atomic E-state index is 0.781. The van der Waals surface area contributed by atoms with Gasteiger partial charge < -0.3 is 9.64 Å². The van der Waals surface area contributed by atoms with Crippen LogP contribution in [0.5, 0.6) is 5.75 Å². The van der Waals surface area contributed by atoms with E-state index in [4.69, 9.17) is 4.74 Å². The Labute approximate surface area is 84.8 Å². The summed E-state index contributed by atoms with van der Waals surface area (Å²) in [5.41, 5.74) is 2.38. The van der Waals surface area contributed by atoms with Gasteiger partial charge in [-0.25, -0.2) is 0 Å². The molecule has 1 heterocycles. The molecule has 0 saturated heterocycles. The molecule has 1 aromatic rings. The molecule has 0 fully saturated rings. The average molecular weight is 189 g/mol. The minimum Gasteiger partial charge on any atom is -0.490 e. The molecule has 0 atom stereocenters. The van der Waals surface area contributed by atoms with Crippen LogP contribution in [0.25, 0.3) is 6.08 Å². The molecular formula is C12H15NO. The zero-order valence-electron chi connectivity index (χ0n) is 8.66. The first-order valence-electron chi connectivity index (χ1n) is 4.92. The SMILES string of the molecule is CC=Cc1ccc2c(c1)OCCN2C. The lowest BCUT2D eigenvalue weighted by Gasteiger charge is -2.27. The maximum absolute atomic E-state index is 5.61. The molecule has 0 N–H and O–H groups in total. The van der Waals surface area contributed by atoms with Gasteiger partial charge in [-0.05, 0) is 24.6 Å². The minimum absolute atomic E-state index is 0.781. The van der Waals surface area contributed by atoms with Crippen molar-refractivity contribution in [3.63, 3.8) is 0 Å².